The second kappa shape index (κ2) is 8.31. The fraction of sp³-hybridized carbons (Fsp3) is 0.0312. The van der Waals surface area contributed by atoms with E-state index in [4.69, 9.17) is 4.42 Å². The van der Waals surface area contributed by atoms with E-state index in [2.05, 4.69) is 111 Å². The Kier molecular flexibility index (Phi) is 5.00. The molecule has 6 aromatic rings. The van der Waals surface area contributed by atoms with Crippen molar-refractivity contribution in [3.05, 3.63) is 115 Å². The first-order valence-electron chi connectivity index (χ1n) is 11.6. The molecule has 0 saturated carbocycles. The molecule has 0 N–H and O–H groups in total. The minimum atomic E-state index is 0.906. The summed E-state index contributed by atoms with van der Waals surface area (Å²) in [5, 5.41) is 4.72. The summed E-state index contributed by atoms with van der Waals surface area (Å²) in [5.41, 5.74) is 8.96. The molecule has 0 aliphatic carbocycles. The first-order chi connectivity index (χ1) is 16.8. The Hall–Kier alpha value is -4.17. The van der Waals surface area contributed by atoms with Crippen molar-refractivity contribution in [3.63, 3.8) is 0 Å². The summed E-state index contributed by atoms with van der Waals surface area (Å²) in [6, 6.07) is 34.1. The van der Waals surface area contributed by atoms with Crippen molar-refractivity contribution in [2.75, 3.05) is 0 Å². The summed E-state index contributed by atoms with van der Waals surface area (Å²) < 4.78 is 6.10. The summed E-state index contributed by atoms with van der Waals surface area (Å²) in [6.07, 6.45) is 2.00. The van der Waals surface area contributed by atoms with Crippen LogP contribution in [0.1, 0.15) is 11.1 Å². The molecular formula is C32H23BO. The molecule has 1 heterocycles. The molecule has 1 aromatic heterocycles. The van der Waals surface area contributed by atoms with Crippen LogP contribution in [0.2, 0.25) is 6.82 Å². The van der Waals surface area contributed by atoms with Gasteiger partial charge in [-0.25, -0.2) is 0 Å². The zero-order valence-corrected chi connectivity index (χ0v) is 19.1. The van der Waals surface area contributed by atoms with E-state index < -0.39 is 0 Å². The molecule has 0 fully saturated rings. The SMILES string of the molecule is C=Cc1c(/C=B\C)c(-c2ccccc2)c2ccccc2c1-c1ccc2oc3ccccc3c2c1. The number of para-hydroxylation sites is 1. The van der Waals surface area contributed by atoms with Gasteiger partial charge in [0, 0.05) is 0 Å². The third kappa shape index (κ3) is 3.14. The molecule has 0 spiro atoms. The molecular weight excluding hydrogens is 411 g/mol. The third-order valence-corrected chi connectivity index (χ3v) is 6.56. The second-order valence-electron chi connectivity index (χ2n) is 8.50. The average molecular weight is 434 g/mol. The van der Waals surface area contributed by atoms with Crippen LogP contribution in [0.5, 0.6) is 0 Å². The fourth-order valence-electron chi connectivity index (χ4n) is 5.14. The zero-order valence-electron chi connectivity index (χ0n) is 19.1. The molecule has 34 heavy (non-hydrogen) atoms. The first kappa shape index (κ1) is 20.4. The van der Waals surface area contributed by atoms with Crippen LogP contribution in [0.15, 0.2) is 108 Å². The predicted octanol–water partition coefficient (Wildman–Crippen LogP) is 8.62. The molecule has 160 valence electrons. The predicted molar refractivity (Wildman–Crippen MR) is 149 cm³/mol. The molecule has 0 aliphatic rings. The van der Waals surface area contributed by atoms with E-state index in [1.54, 1.807) is 0 Å². The molecule has 0 aliphatic heterocycles. The first-order valence-corrected chi connectivity index (χ1v) is 11.6. The van der Waals surface area contributed by atoms with Gasteiger partial charge in [0.25, 0.3) is 0 Å². The normalized spacial score (nSPS) is 11.4. The van der Waals surface area contributed by atoms with Gasteiger partial charge in [0.2, 0.25) is 0 Å². The fourth-order valence-corrected chi connectivity index (χ4v) is 5.14. The van der Waals surface area contributed by atoms with Crippen molar-refractivity contribution >= 4 is 51.7 Å². The summed E-state index contributed by atoms with van der Waals surface area (Å²) in [7, 11) is 0. The van der Waals surface area contributed by atoms with Gasteiger partial charge in [-0.3, -0.25) is 0 Å². The van der Waals surface area contributed by atoms with E-state index in [1.165, 1.54) is 33.0 Å². The summed E-state index contributed by atoms with van der Waals surface area (Å²) >= 11 is 0. The molecule has 2 heteroatoms. The van der Waals surface area contributed by atoms with Gasteiger partial charge in [-0.1, -0.05) is 0 Å². The van der Waals surface area contributed by atoms with Crippen LogP contribution in [0, 0.1) is 0 Å². The van der Waals surface area contributed by atoms with Gasteiger partial charge in [0.1, 0.15) is 0 Å². The molecule has 1 nitrogen and oxygen atoms in total. The molecule has 0 bridgehead atoms. The second-order valence-corrected chi connectivity index (χ2v) is 8.50. The van der Waals surface area contributed by atoms with E-state index >= 15 is 0 Å². The van der Waals surface area contributed by atoms with Gasteiger partial charge in [-0.15, -0.1) is 0 Å². The Balaban J connectivity index is 1.76. The Morgan fingerprint density at radius 2 is 1.24 bits per heavy atom. The van der Waals surface area contributed by atoms with Crippen molar-refractivity contribution < 1.29 is 4.42 Å². The number of hydrogen-bond donors (Lipinski definition) is 0. The van der Waals surface area contributed by atoms with Crippen molar-refractivity contribution in [2.45, 2.75) is 6.82 Å². The number of rotatable bonds is 4. The van der Waals surface area contributed by atoms with Crippen LogP contribution < -0.4 is 0 Å². The Morgan fingerprint density at radius 3 is 1.94 bits per heavy atom. The van der Waals surface area contributed by atoms with E-state index in [9.17, 15) is 0 Å². The zero-order chi connectivity index (χ0) is 23.1. The number of hydrogen-bond acceptors (Lipinski definition) is 1. The van der Waals surface area contributed by atoms with Gasteiger partial charge in [-0.05, 0) is 0 Å². The van der Waals surface area contributed by atoms with Gasteiger partial charge in [0.15, 0.2) is 0 Å². The third-order valence-electron chi connectivity index (χ3n) is 6.56. The number of benzene rings is 5. The van der Waals surface area contributed by atoms with Crippen LogP contribution in [0.3, 0.4) is 0 Å². The van der Waals surface area contributed by atoms with Crippen molar-refractivity contribution in [3.8, 4) is 22.3 Å². The van der Waals surface area contributed by atoms with Crippen molar-refractivity contribution in [1.29, 1.82) is 0 Å². The summed E-state index contributed by atoms with van der Waals surface area (Å²) in [4.78, 5) is 0. The van der Waals surface area contributed by atoms with E-state index in [0.717, 1.165) is 33.1 Å². The number of fused-ring (bicyclic) bond motifs is 4. The van der Waals surface area contributed by atoms with Gasteiger partial charge in [0.05, 0.1) is 0 Å². The molecule has 5 aromatic carbocycles. The maximum absolute atomic E-state index is 6.10. The summed E-state index contributed by atoms with van der Waals surface area (Å²) in [5.74, 6) is 2.21. The quantitative estimate of drug-likeness (QED) is 0.253. The molecule has 0 atom stereocenters. The molecule has 0 unspecified atom stereocenters. The molecule has 0 saturated heterocycles. The average Bonchev–Trinajstić information content (AvgIpc) is 3.26. The van der Waals surface area contributed by atoms with Crippen LogP contribution in [-0.2, 0) is 0 Å². The monoisotopic (exact) mass is 434 g/mol. The van der Waals surface area contributed by atoms with Gasteiger partial charge in [-0.2, -0.15) is 0 Å². The van der Waals surface area contributed by atoms with Crippen LogP contribution in [0.25, 0.3) is 61.0 Å². The van der Waals surface area contributed by atoms with Crippen LogP contribution in [0.4, 0.5) is 0 Å². The Morgan fingerprint density at radius 1 is 0.618 bits per heavy atom. The van der Waals surface area contributed by atoms with Gasteiger partial charge >= 0.3 is 200 Å². The van der Waals surface area contributed by atoms with E-state index in [1.807, 2.05) is 18.2 Å². The molecule has 6 rings (SSSR count). The molecule has 0 amide bonds. The molecule has 0 radical (unpaired) electrons. The van der Waals surface area contributed by atoms with Crippen molar-refractivity contribution in [2.24, 2.45) is 0 Å². The van der Waals surface area contributed by atoms with Crippen LogP contribution in [-0.4, -0.2) is 12.9 Å². The van der Waals surface area contributed by atoms with E-state index in [0.29, 0.717) is 0 Å². The Bertz CT molecular complexity index is 1720. The van der Waals surface area contributed by atoms with Gasteiger partial charge < -0.3 is 0 Å². The Labute approximate surface area is 199 Å². The van der Waals surface area contributed by atoms with Crippen molar-refractivity contribution in [1.82, 2.24) is 0 Å². The minimum absolute atomic E-state index is 0.906. The van der Waals surface area contributed by atoms with E-state index in [-0.39, 0.29) is 0 Å². The summed E-state index contributed by atoms with van der Waals surface area (Å²) in [6.45, 7) is 8.43. The number of furan rings is 1. The van der Waals surface area contributed by atoms with Crippen LogP contribution >= 0.6 is 0 Å². The standard InChI is InChI=1S/C32H23BO/c1-3-23-28(20-33-2)31(21-11-5-4-6-12-21)25-14-7-8-15-26(25)32(23)22-17-18-30-27(19-22)24-13-9-10-16-29(24)34-30/h3-20H,1H2,2H3. The maximum atomic E-state index is 6.10. The topological polar surface area (TPSA) is 13.1 Å².